The third kappa shape index (κ3) is 7.63. The number of ether oxygens (including phenoxy) is 4. The van der Waals surface area contributed by atoms with Gasteiger partial charge in [-0.15, -0.1) is 0 Å². The summed E-state index contributed by atoms with van der Waals surface area (Å²) in [7, 11) is 0. The number of nitrogens with zero attached hydrogens (tertiary/aromatic N) is 3. The maximum atomic E-state index is 12.6. The van der Waals surface area contributed by atoms with E-state index in [1.54, 1.807) is 0 Å². The standard InChI is InChI=1S/C22H41N7O13/c23-2-1-8(31)20(38)28-7-3-6(24)18(41-22-16(36)15(35)13(33)9(39-22)4-27-29-26)17(37)19(7)42-21-14(34)11(25)12(32)10(5-30)40-21/h6-19,21-22,30-37H,1-5,23-25H2,(H,28,38)/t6?,7-,8+,9?,10?,11?,12-,13-,14+,15+,16?,17?,18-,19-,21-,22-/m1/s1. The van der Waals surface area contributed by atoms with E-state index >= 15 is 0 Å². The first kappa shape index (κ1) is 34.7. The van der Waals surface area contributed by atoms with Crippen LogP contribution >= 0.6 is 0 Å². The van der Waals surface area contributed by atoms with E-state index in [0.717, 1.165) is 0 Å². The molecule has 1 saturated carbocycles. The summed E-state index contributed by atoms with van der Waals surface area (Å²) >= 11 is 0. The zero-order valence-corrected chi connectivity index (χ0v) is 22.5. The lowest BCUT2D eigenvalue weighted by atomic mass is 9.83. The minimum atomic E-state index is -1.83. The Morgan fingerprint density at radius 2 is 1.57 bits per heavy atom. The molecule has 42 heavy (non-hydrogen) atoms. The van der Waals surface area contributed by atoms with Crippen molar-refractivity contribution in [2.75, 3.05) is 19.7 Å². The second-order valence-corrected chi connectivity index (χ2v) is 10.5. The summed E-state index contributed by atoms with van der Waals surface area (Å²) < 4.78 is 22.5. The summed E-state index contributed by atoms with van der Waals surface area (Å²) in [6.45, 7) is -1.13. The number of amides is 1. The fourth-order valence-corrected chi connectivity index (χ4v) is 5.14. The highest BCUT2D eigenvalue weighted by atomic mass is 16.7. The molecule has 2 aliphatic heterocycles. The molecule has 20 heteroatoms. The third-order valence-electron chi connectivity index (χ3n) is 7.60. The van der Waals surface area contributed by atoms with Gasteiger partial charge in [-0.1, -0.05) is 5.11 Å². The van der Waals surface area contributed by atoms with E-state index < -0.39 is 117 Å². The van der Waals surface area contributed by atoms with Crippen LogP contribution in [0.2, 0.25) is 0 Å². The lowest BCUT2D eigenvalue weighted by Crippen LogP contribution is -2.69. The molecule has 3 aliphatic rings. The van der Waals surface area contributed by atoms with Crippen LogP contribution in [-0.2, 0) is 23.7 Å². The van der Waals surface area contributed by atoms with E-state index in [4.69, 9.17) is 41.7 Å². The summed E-state index contributed by atoms with van der Waals surface area (Å²) in [5.74, 6) is -0.868. The summed E-state index contributed by atoms with van der Waals surface area (Å²) in [5.41, 5.74) is 26.1. The average Bonchev–Trinajstić information content (AvgIpc) is 2.96. The molecule has 3 fully saturated rings. The predicted octanol–water partition coefficient (Wildman–Crippen LogP) is -7.07. The average molecular weight is 612 g/mol. The second-order valence-electron chi connectivity index (χ2n) is 10.5. The number of nitrogens with one attached hydrogen (secondary N) is 1. The molecule has 0 aromatic carbocycles. The van der Waals surface area contributed by atoms with Crippen molar-refractivity contribution in [3.8, 4) is 0 Å². The number of rotatable bonds is 11. The molecule has 1 aliphatic carbocycles. The molecule has 15 N–H and O–H groups in total. The molecule has 2 saturated heterocycles. The van der Waals surface area contributed by atoms with Crippen molar-refractivity contribution >= 4 is 5.91 Å². The Labute approximate surface area is 239 Å². The quantitative estimate of drug-likeness (QED) is 0.0586. The number of aliphatic hydroxyl groups excluding tert-OH is 8. The molecule has 16 atom stereocenters. The van der Waals surface area contributed by atoms with Crippen LogP contribution in [0.15, 0.2) is 5.11 Å². The predicted molar refractivity (Wildman–Crippen MR) is 136 cm³/mol. The summed E-state index contributed by atoms with van der Waals surface area (Å²) in [6, 6.07) is -3.57. The first-order chi connectivity index (χ1) is 19.9. The van der Waals surface area contributed by atoms with Crippen LogP contribution in [0.5, 0.6) is 0 Å². The van der Waals surface area contributed by atoms with Gasteiger partial charge in [0.25, 0.3) is 0 Å². The van der Waals surface area contributed by atoms with Gasteiger partial charge in [-0.2, -0.15) is 0 Å². The highest BCUT2D eigenvalue weighted by Gasteiger charge is 2.52. The molecule has 1 amide bonds. The van der Waals surface area contributed by atoms with Crippen molar-refractivity contribution < 1.29 is 64.6 Å². The highest BCUT2D eigenvalue weighted by Crippen LogP contribution is 2.32. The second kappa shape index (κ2) is 15.3. The van der Waals surface area contributed by atoms with Crippen LogP contribution in [0.4, 0.5) is 0 Å². The maximum absolute atomic E-state index is 12.6. The summed E-state index contributed by atoms with van der Waals surface area (Å²) in [4.78, 5) is 15.2. The van der Waals surface area contributed by atoms with Crippen LogP contribution < -0.4 is 22.5 Å². The van der Waals surface area contributed by atoms with E-state index in [9.17, 15) is 45.6 Å². The Morgan fingerprint density at radius 1 is 0.952 bits per heavy atom. The van der Waals surface area contributed by atoms with Gasteiger partial charge in [-0.05, 0) is 24.9 Å². The monoisotopic (exact) mass is 611 g/mol. The summed E-state index contributed by atoms with van der Waals surface area (Å²) in [6.07, 6.45) is -20.8. The van der Waals surface area contributed by atoms with Gasteiger partial charge in [0.2, 0.25) is 5.91 Å². The first-order valence-electron chi connectivity index (χ1n) is 13.4. The van der Waals surface area contributed by atoms with Crippen molar-refractivity contribution in [3.05, 3.63) is 10.4 Å². The van der Waals surface area contributed by atoms with Crippen molar-refractivity contribution in [1.29, 1.82) is 0 Å². The number of carbonyl (C=O) groups excluding carboxylic acids is 1. The van der Waals surface area contributed by atoms with Gasteiger partial charge >= 0.3 is 0 Å². The fraction of sp³-hybridized carbons (Fsp3) is 0.955. The largest absolute Gasteiger partial charge is 0.394 e. The lowest BCUT2D eigenvalue weighted by Gasteiger charge is -2.49. The van der Waals surface area contributed by atoms with Gasteiger partial charge in [0.15, 0.2) is 12.6 Å². The Hall–Kier alpha value is -1.82. The zero-order chi connectivity index (χ0) is 31.3. The molecule has 20 nitrogen and oxygen atoms in total. The Morgan fingerprint density at radius 3 is 2.19 bits per heavy atom. The molecule has 0 aromatic rings. The Kier molecular flexibility index (Phi) is 12.6. The minimum absolute atomic E-state index is 0.00690. The maximum Gasteiger partial charge on any atom is 0.249 e. The lowest BCUT2D eigenvalue weighted by molar-refractivity contribution is -0.332. The molecule has 0 aromatic heterocycles. The van der Waals surface area contributed by atoms with Gasteiger partial charge in [0, 0.05) is 11.0 Å². The van der Waals surface area contributed by atoms with E-state index in [-0.39, 0.29) is 19.4 Å². The van der Waals surface area contributed by atoms with Crippen LogP contribution in [0.25, 0.3) is 10.4 Å². The fourth-order valence-electron chi connectivity index (χ4n) is 5.14. The number of carbonyl (C=O) groups is 1. The van der Waals surface area contributed by atoms with E-state index in [1.807, 2.05) is 0 Å². The molecule has 0 spiro atoms. The molecule has 0 radical (unpaired) electrons. The normalized spacial score (nSPS) is 45.1. The number of aliphatic hydroxyl groups is 8. The van der Waals surface area contributed by atoms with Crippen molar-refractivity contribution in [2.45, 2.75) is 111 Å². The van der Waals surface area contributed by atoms with E-state index in [2.05, 4.69) is 15.3 Å². The zero-order valence-electron chi connectivity index (χ0n) is 22.5. The van der Waals surface area contributed by atoms with Gasteiger partial charge < -0.3 is 82.3 Å². The molecule has 6 unspecified atom stereocenters. The van der Waals surface area contributed by atoms with Crippen molar-refractivity contribution in [3.63, 3.8) is 0 Å². The molecular weight excluding hydrogens is 570 g/mol. The summed E-state index contributed by atoms with van der Waals surface area (Å²) in [5, 5.41) is 88.5. The molecule has 2 heterocycles. The molecular formula is C22H41N7O13. The van der Waals surface area contributed by atoms with Crippen LogP contribution in [0.1, 0.15) is 12.8 Å². The number of azide groups is 1. The van der Waals surface area contributed by atoms with Gasteiger partial charge in [-0.3, -0.25) is 4.79 Å². The third-order valence-corrected chi connectivity index (χ3v) is 7.60. The van der Waals surface area contributed by atoms with E-state index in [0.29, 0.717) is 0 Å². The minimum Gasteiger partial charge on any atom is -0.394 e. The SMILES string of the molecule is [N-]=[N+]=NCC1O[C@H](O[C@@H]2C(N)C[C@@H](NC(=O)[C@@H](O)CCN)[C@@H](O[C@H]3OC(CO)[C@@H](O)C(N)[C@@H]3O)C2O)C(O)[C@@H](O)[C@@H]1O. The molecule has 242 valence electrons. The number of nitrogens with two attached hydrogens (primary N) is 3. The smallest absolute Gasteiger partial charge is 0.249 e. The van der Waals surface area contributed by atoms with Crippen LogP contribution in [0, 0.1) is 0 Å². The number of hydrogen-bond acceptors (Lipinski definition) is 17. The molecule has 3 rings (SSSR count). The van der Waals surface area contributed by atoms with E-state index in [1.165, 1.54) is 0 Å². The van der Waals surface area contributed by atoms with Gasteiger partial charge in [0.05, 0.1) is 31.3 Å². The van der Waals surface area contributed by atoms with Gasteiger partial charge in [0.1, 0.15) is 61.0 Å². The van der Waals surface area contributed by atoms with Crippen LogP contribution in [-0.4, -0.2) is 164 Å². The van der Waals surface area contributed by atoms with Gasteiger partial charge in [-0.25, -0.2) is 0 Å². The highest BCUT2D eigenvalue weighted by molar-refractivity contribution is 5.80. The van der Waals surface area contributed by atoms with Crippen molar-refractivity contribution in [2.24, 2.45) is 22.3 Å². The molecule has 0 bridgehead atoms. The number of hydrogen-bond donors (Lipinski definition) is 12. The topological polar surface area (TPSA) is 355 Å². The Bertz CT molecular complexity index is 933. The van der Waals surface area contributed by atoms with Crippen molar-refractivity contribution in [1.82, 2.24) is 5.32 Å². The van der Waals surface area contributed by atoms with Crippen LogP contribution in [0.3, 0.4) is 0 Å². The first-order valence-corrected chi connectivity index (χ1v) is 13.4. The Balaban J connectivity index is 1.86.